The summed E-state index contributed by atoms with van der Waals surface area (Å²) < 4.78 is 16.5. The van der Waals surface area contributed by atoms with Crippen molar-refractivity contribution in [3.8, 4) is 17.2 Å². The SMILES string of the molecule is CCOc1ccc(C=C2SC(=O)N(CNc3ccccc3OC)C2=O)cc1OCC. The number of nitrogens with one attached hydrogen (secondary N) is 1. The van der Waals surface area contributed by atoms with E-state index < -0.39 is 0 Å². The summed E-state index contributed by atoms with van der Waals surface area (Å²) in [6.45, 7) is 4.86. The van der Waals surface area contributed by atoms with Crippen LogP contribution in [0.25, 0.3) is 6.08 Å². The first-order valence-corrected chi connectivity index (χ1v) is 10.4. The summed E-state index contributed by atoms with van der Waals surface area (Å²) in [5.41, 5.74) is 1.46. The third-order valence-corrected chi connectivity index (χ3v) is 5.18. The molecule has 0 atom stereocenters. The number of imide groups is 1. The number of carbonyl (C=O) groups excluding carboxylic acids is 2. The average Bonchev–Trinajstić information content (AvgIpc) is 3.01. The summed E-state index contributed by atoms with van der Waals surface area (Å²) in [7, 11) is 1.57. The van der Waals surface area contributed by atoms with Crippen molar-refractivity contribution in [2.75, 3.05) is 32.3 Å². The molecule has 0 aromatic heterocycles. The Labute approximate surface area is 180 Å². The van der Waals surface area contributed by atoms with E-state index in [4.69, 9.17) is 14.2 Å². The summed E-state index contributed by atoms with van der Waals surface area (Å²) in [6, 6.07) is 12.7. The van der Waals surface area contributed by atoms with Crippen LogP contribution in [0.15, 0.2) is 47.4 Å². The van der Waals surface area contributed by atoms with E-state index in [1.54, 1.807) is 31.4 Å². The van der Waals surface area contributed by atoms with Crippen molar-refractivity contribution in [3.63, 3.8) is 0 Å². The molecular formula is C22H24N2O5S. The van der Waals surface area contributed by atoms with Crippen molar-refractivity contribution in [1.82, 2.24) is 4.90 Å². The third-order valence-electron chi connectivity index (χ3n) is 4.27. The fourth-order valence-corrected chi connectivity index (χ4v) is 3.74. The first kappa shape index (κ1) is 21.6. The molecule has 0 saturated carbocycles. The van der Waals surface area contributed by atoms with Gasteiger partial charge in [-0.05, 0) is 61.5 Å². The molecule has 1 saturated heterocycles. The Morgan fingerprint density at radius 2 is 1.73 bits per heavy atom. The van der Waals surface area contributed by atoms with Crippen molar-refractivity contribution < 1.29 is 23.8 Å². The van der Waals surface area contributed by atoms with Crippen molar-refractivity contribution in [3.05, 3.63) is 52.9 Å². The quantitative estimate of drug-likeness (QED) is 0.585. The maximum Gasteiger partial charge on any atom is 0.295 e. The number of rotatable bonds is 9. The van der Waals surface area contributed by atoms with Gasteiger partial charge in [0.2, 0.25) is 0 Å². The smallest absolute Gasteiger partial charge is 0.295 e. The van der Waals surface area contributed by atoms with Gasteiger partial charge in [0.1, 0.15) is 5.75 Å². The highest BCUT2D eigenvalue weighted by atomic mass is 32.2. The van der Waals surface area contributed by atoms with Crippen LogP contribution in [0.4, 0.5) is 10.5 Å². The van der Waals surface area contributed by atoms with Gasteiger partial charge in [-0.2, -0.15) is 0 Å². The van der Waals surface area contributed by atoms with Gasteiger partial charge in [0.15, 0.2) is 11.5 Å². The van der Waals surface area contributed by atoms with Crippen LogP contribution in [0.1, 0.15) is 19.4 Å². The molecule has 2 aromatic rings. The zero-order chi connectivity index (χ0) is 21.5. The predicted octanol–water partition coefficient (Wildman–Crippen LogP) is 4.60. The third kappa shape index (κ3) is 4.88. The van der Waals surface area contributed by atoms with Crippen molar-refractivity contribution in [2.24, 2.45) is 0 Å². The molecule has 1 aliphatic rings. The van der Waals surface area contributed by atoms with Gasteiger partial charge in [0.25, 0.3) is 11.1 Å². The number of hydrogen-bond acceptors (Lipinski definition) is 7. The highest BCUT2D eigenvalue weighted by molar-refractivity contribution is 8.18. The van der Waals surface area contributed by atoms with Gasteiger partial charge in [0.05, 0.1) is 37.6 Å². The monoisotopic (exact) mass is 428 g/mol. The van der Waals surface area contributed by atoms with Crippen LogP contribution in [0, 0.1) is 0 Å². The molecule has 0 aliphatic carbocycles. The maximum absolute atomic E-state index is 12.8. The Morgan fingerprint density at radius 1 is 1.00 bits per heavy atom. The predicted molar refractivity (Wildman–Crippen MR) is 118 cm³/mol. The molecule has 1 N–H and O–H groups in total. The van der Waals surface area contributed by atoms with E-state index in [9.17, 15) is 9.59 Å². The second-order valence-electron chi connectivity index (χ2n) is 6.22. The Morgan fingerprint density at radius 3 is 2.47 bits per heavy atom. The average molecular weight is 429 g/mol. The molecule has 30 heavy (non-hydrogen) atoms. The Hall–Kier alpha value is -3.13. The van der Waals surface area contributed by atoms with Gasteiger partial charge < -0.3 is 19.5 Å². The Kier molecular flexibility index (Phi) is 7.24. The molecular weight excluding hydrogens is 404 g/mol. The van der Waals surface area contributed by atoms with E-state index in [0.29, 0.717) is 41.1 Å². The topological polar surface area (TPSA) is 77.1 Å². The van der Waals surface area contributed by atoms with Gasteiger partial charge in [-0.1, -0.05) is 18.2 Å². The summed E-state index contributed by atoms with van der Waals surface area (Å²) in [4.78, 5) is 26.7. The molecule has 3 rings (SSSR count). The number of carbonyl (C=O) groups is 2. The van der Waals surface area contributed by atoms with Crippen LogP contribution in [-0.4, -0.2) is 43.0 Å². The molecule has 1 fully saturated rings. The number of methoxy groups -OCH3 is 1. The Bertz CT molecular complexity index is 960. The minimum atomic E-state index is -0.348. The van der Waals surface area contributed by atoms with Gasteiger partial charge in [-0.25, -0.2) is 0 Å². The fraction of sp³-hybridized carbons (Fsp3) is 0.273. The molecule has 158 valence electrons. The largest absolute Gasteiger partial charge is 0.495 e. The standard InChI is InChI=1S/C22H24N2O5S/c1-4-28-18-11-10-15(12-19(18)29-5-2)13-20-21(25)24(22(26)30-20)14-23-16-8-6-7-9-17(16)27-3/h6-13,23H,4-5,14H2,1-3H3. The van der Waals surface area contributed by atoms with E-state index in [1.807, 2.05) is 38.1 Å². The number of ether oxygens (including phenoxy) is 3. The van der Waals surface area contributed by atoms with Crippen molar-refractivity contribution in [1.29, 1.82) is 0 Å². The van der Waals surface area contributed by atoms with Gasteiger partial charge >= 0.3 is 0 Å². The minimum absolute atomic E-state index is 0.0514. The normalized spacial score (nSPS) is 14.9. The number of anilines is 1. The summed E-state index contributed by atoms with van der Waals surface area (Å²) in [6.07, 6.45) is 1.69. The van der Waals surface area contributed by atoms with Gasteiger partial charge in [-0.15, -0.1) is 0 Å². The summed E-state index contributed by atoms with van der Waals surface area (Å²) >= 11 is 0.911. The number of nitrogens with zero attached hydrogens (tertiary/aromatic N) is 1. The van der Waals surface area contributed by atoms with Gasteiger partial charge in [-0.3, -0.25) is 14.5 Å². The van der Waals surface area contributed by atoms with Crippen LogP contribution in [0.3, 0.4) is 0 Å². The van der Waals surface area contributed by atoms with E-state index in [1.165, 1.54) is 4.90 Å². The second-order valence-corrected chi connectivity index (χ2v) is 7.21. The summed E-state index contributed by atoms with van der Waals surface area (Å²) in [5.74, 6) is 1.54. The Balaban J connectivity index is 1.75. The number of thioether (sulfide) groups is 1. The lowest BCUT2D eigenvalue weighted by Crippen LogP contribution is -2.33. The molecule has 0 bridgehead atoms. The van der Waals surface area contributed by atoms with E-state index in [-0.39, 0.29) is 17.8 Å². The van der Waals surface area contributed by atoms with E-state index >= 15 is 0 Å². The van der Waals surface area contributed by atoms with Crippen LogP contribution < -0.4 is 19.5 Å². The molecule has 7 nitrogen and oxygen atoms in total. The first-order valence-electron chi connectivity index (χ1n) is 9.59. The zero-order valence-electron chi connectivity index (χ0n) is 17.1. The number of hydrogen-bond donors (Lipinski definition) is 1. The van der Waals surface area contributed by atoms with Crippen LogP contribution in [-0.2, 0) is 4.79 Å². The van der Waals surface area contributed by atoms with Crippen LogP contribution in [0.5, 0.6) is 17.2 Å². The van der Waals surface area contributed by atoms with Crippen LogP contribution >= 0.6 is 11.8 Å². The molecule has 2 amide bonds. The highest BCUT2D eigenvalue weighted by Gasteiger charge is 2.35. The van der Waals surface area contributed by atoms with E-state index in [2.05, 4.69) is 5.32 Å². The molecule has 1 aliphatic heterocycles. The number of benzene rings is 2. The molecule has 8 heteroatoms. The molecule has 2 aromatic carbocycles. The second kappa shape index (κ2) is 10.1. The van der Waals surface area contributed by atoms with Gasteiger partial charge in [0, 0.05) is 0 Å². The fourth-order valence-electron chi connectivity index (χ4n) is 2.90. The lowest BCUT2D eigenvalue weighted by molar-refractivity contribution is -0.122. The zero-order valence-corrected chi connectivity index (χ0v) is 18.0. The summed E-state index contributed by atoms with van der Waals surface area (Å²) in [5, 5.41) is 2.75. The molecule has 1 heterocycles. The lowest BCUT2D eigenvalue weighted by atomic mass is 10.2. The molecule has 0 radical (unpaired) electrons. The van der Waals surface area contributed by atoms with Crippen molar-refractivity contribution in [2.45, 2.75) is 13.8 Å². The number of para-hydroxylation sites is 2. The number of amides is 2. The van der Waals surface area contributed by atoms with Crippen molar-refractivity contribution >= 4 is 34.7 Å². The van der Waals surface area contributed by atoms with E-state index in [0.717, 1.165) is 17.3 Å². The molecule has 0 unspecified atom stereocenters. The lowest BCUT2D eigenvalue weighted by Gasteiger charge is -2.16. The van der Waals surface area contributed by atoms with Crippen LogP contribution in [0.2, 0.25) is 0 Å². The maximum atomic E-state index is 12.8. The highest BCUT2D eigenvalue weighted by Crippen LogP contribution is 2.35. The molecule has 0 spiro atoms. The minimum Gasteiger partial charge on any atom is -0.495 e. The first-order chi connectivity index (χ1) is 14.6.